The summed E-state index contributed by atoms with van der Waals surface area (Å²) in [5.74, 6) is 1.01. The maximum absolute atomic E-state index is 13.4. The number of amides is 1. The van der Waals surface area contributed by atoms with E-state index in [2.05, 4.69) is 15.5 Å². The number of fused-ring (bicyclic) bond motifs is 1. The van der Waals surface area contributed by atoms with Crippen LogP contribution in [-0.2, 0) is 17.9 Å². The molecule has 9 heteroatoms. The van der Waals surface area contributed by atoms with Gasteiger partial charge in [0.2, 0.25) is 0 Å². The number of carbonyl (C=O) groups is 1. The average Bonchev–Trinajstić information content (AvgIpc) is 3.23. The van der Waals surface area contributed by atoms with Crippen LogP contribution in [0.4, 0.5) is 4.39 Å². The van der Waals surface area contributed by atoms with Crippen molar-refractivity contribution in [3.63, 3.8) is 0 Å². The first-order valence-electron chi connectivity index (χ1n) is 11.7. The number of nitrogens with zero attached hydrogens (tertiary/aromatic N) is 4. The Morgan fingerprint density at radius 3 is 2.47 bits per heavy atom. The number of carbonyl (C=O) groups excluding carboxylic acids is 1. The van der Waals surface area contributed by atoms with Gasteiger partial charge in [-0.1, -0.05) is 47.5 Å². The smallest absolute Gasteiger partial charge is 0.260 e. The van der Waals surface area contributed by atoms with E-state index < -0.39 is 0 Å². The predicted molar refractivity (Wildman–Crippen MR) is 139 cm³/mol. The van der Waals surface area contributed by atoms with E-state index in [1.165, 1.54) is 12.1 Å². The Labute approximate surface area is 218 Å². The van der Waals surface area contributed by atoms with Crippen LogP contribution in [0, 0.1) is 5.82 Å². The van der Waals surface area contributed by atoms with Gasteiger partial charge in [-0.2, -0.15) is 0 Å². The van der Waals surface area contributed by atoms with Gasteiger partial charge in [-0.05, 0) is 42.0 Å². The van der Waals surface area contributed by atoms with Gasteiger partial charge in [0.1, 0.15) is 17.4 Å². The van der Waals surface area contributed by atoms with Gasteiger partial charge in [0.05, 0.1) is 22.6 Å². The summed E-state index contributed by atoms with van der Waals surface area (Å²) in [6, 6.07) is 19.5. The van der Waals surface area contributed by atoms with Gasteiger partial charge in [0.15, 0.2) is 6.61 Å². The van der Waals surface area contributed by atoms with E-state index in [-0.39, 0.29) is 18.3 Å². The number of benzene rings is 3. The zero-order chi connectivity index (χ0) is 25.1. The highest BCUT2D eigenvalue weighted by Gasteiger charge is 2.23. The van der Waals surface area contributed by atoms with E-state index in [4.69, 9.17) is 32.9 Å². The average molecular weight is 527 g/mol. The highest BCUT2D eigenvalue weighted by atomic mass is 35.5. The summed E-state index contributed by atoms with van der Waals surface area (Å²) >= 11 is 12.1. The molecular formula is C27H25Cl2FN4O2. The van der Waals surface area contributed by atoms with Gasteiger partial charge < -0.3 is 14.2 Å². The van der Waals surface area contributed by atoms with Gasteiger partial charge in [-0.3, -0.25) is 9.69 Å². The molecule has 1 saturated heterocycles. The Morgan fingerprint density at radius 2 is 1.69 bits per heavy atom. The summed E-state index contributed by atoms with van der Waals surface area (Å²) in [6.07, 6.45) is 0. The lowest BCUT2D eigenvalue weighted by Crippen LogP contribution is -2.49. The topological polar surface area (TPSA) is 50.6 Å². The summed E-state index contributed by atoms with van der Waals surface area (Å²) in [4.78, 5) is 21.7. The van der Waals surface area contributed by atoms with E-state index >= 15 is 0 Å². The first-order chi connectivity index (χ1) is 17.5. The molecule has 0 unspecified atom stereocenters. The van der Waals surface area contributed by atoms with Crippen LogP contribution in [-0.4, -0.2) is 58.0 Å². The fraction of sp³-hybridized carbons (Fsp3) is 0.259. The van der Waals surface area contributed by atoms with Crippen LogP contribution < -0.4 is 4.74 Å². The third kappa shape index (κ3) is 5.64. The molecule has 2 heterocycles. The molecule has 1 aromatic heterocycles. The molecule has 1 aliphatic rings. The third-order valence-electron chi connectivity index (χ3n) is 6.32. The van der Waals surface area contributed by atoms with Crippen molar-refractivity contribution in [2.45, 2.75) is 13.1 Å². The zero-order valence-corrected chi connectivity index (χ0v) is 21.1. The lowest BCUT2D eigenvalue weighted by atomic mass is 10.2. The Bertz CT molecular complexity index is 1370. The number of rotatable bonds is 7. The van der Waals surface area contributed by atoms with Gasteiger partial charge in [0, 0.05) is 43.8 Å². The first-order valence-corrected chi connectivity index (χ1v) is 12.5. The number of ether oxygens (including phenoxy) is 1. The molecule has 1 amide bonds. The third-order valence-corrected chi connectivity index (χ3v) is 6.87. The Morgan fingerprint density at radius 1 is 0.944 bits per heavy atom. The molecule has 0 saturated carbocycles. The van der Waals surface area contributed by atoms with Crippen LogP contribution in [0.1, 0.15) is 11.4 Å². The van der Waals surface area contributed by atoms with Crippen molar-refractivity contribution in [3.8, 4) is 5.75 Å². The number of imidazole rings is 1. The molecule has 0 aliphatic carbocycles. The molecule has 186 valence electrons. The highest BCUT2D eigenvalue weighted by molar-refractivity contribution is 6.34. The number of hydrogen-bond acceptors (Lipinski definition) is 4. The quantitative estimate of drug-likeness (QED) is 0.330. The second-order valence-corrected chi connectivity index (χ2v) is 9.59. The SMILES string of the molecule is O=C(COc1cc(Cl)ccc1Cl)N1CCN(Cc2nc3ccccc3n2Cc2ccc(F)cc2)CC1. The van der Waals surface area contributed by atoms with Crippen molar-refractivity contribution in [1.82, 2.24) is 19.4 Å². The fourth-order valence-corrected chi connectivity index (χ4v) is 4.70. The molecule has 6 nitrogen and oxygen atoms in total. The van der Waals surface area contributed by atoms with Crippen molar-refractivity contribution >= 4 is 40.1 Å². The minimum absolute atomic E-state index is 0.0887. The number of hydrogen-bond donors (Lipinski definition) is 0. The second kappa shape index (κ2) is 10.9. The minimum Gasteiger partial charge on any atom is -0.482 e. The van der Waals surface area contributed by atoms with E-state index in [0.717, 1.165) is 35.5 Å². The molecule has 0 N–H and O–H groups in total. The zero-order valence-electron chi connectivity index (χ0n) is 19.5. The van der Waals surface area contributed by atoms with E-state index in [9.17, 15) is 9.18 Å². The summed E-state index contributed by atoms with van der Waals surface area (Å²) < 4.78 is 21.2. The second-order valence-electron chi connectivity index (χ2n) is 8.75. The van der Waals surface area contributed by atoms with Crippen molar-refractivity contribution in [2.75, 3.05) is 32.8 Å². The summed E-state index contributed by atoms with van der Waals surface area (Å²) in [5.41, 5.74) is 2.98. The van der Waals surface area contributed by atoms with Crippen molar-refractivity contribution in [3.05, 3.63) is 94.0 Å². The fourth-order valence-electron chi connectivity index (χ4n) is 4.37. The van der Waals surface area contributed by atoms with Gasteiger partial charge in [-0.15, -0.1) is 0 Å². The number of aromatic nitrogens is 2. The van der Waals surface area contributed by atoms with Gasteiger partial charge >= 0.3 is 0 Å². The maximum Gasteiger partial charge on any atom is 0.260 e. The van der Waals surface area contributed by atoms with E-state index in [1.807, 2.05) is 18.2 Å². The first kappa shape index (κ1) is 24.6. The molecule has 0 spiro atoms. The van der Waals surface area contributed by atoms with E-state index in [0.29, 0.717) is 42.0 Å². The number of halogens is 3. The monoisotopic (exact) mass is 526 g/mol. The molecule has 0 bridgehead atoms. The minimum atomic E-state index is -0.247. The largest absolute Gasteiger partial charge is 0.482 e. The standard InChI is InChI=1S/C27H25Cl2FN4O2/c28-20-7-10-22(29)25(15-20)36-18-27(35)33-13-11-32(12-14-33)17-26-31-23-3-1-2-4-24(23)34(26)16-19-5-8-21(30)9-6-19/h1-10,15H,11-14,16-18H2. The van der Waals surface area contributed by atoms with Gasteiger partial charge in [-0.25, -0.2) is 9.37 Å². The lowest BCUT2D eigenvalue weighted by molar-refractivity contribution is -0.135. The summed E-state index contributed by atoms with van der Waals surface area (Å²) in [7, 11) is 0. The summed E-state index contributed by atoms with van der Waals surface area (Å²) in [5, 5.41) is 0.918. The van der Waals surface area contributed by atoms with Crippen LogP contribution in [0.3, 0.4) is 0 Å². The molecule has 4 aromatic rings. The molecule has 36 heavy (non-hydrogen) atoms. The Kier molecular flexibility index (Phi) is 7.41. The van der Waals surface area contributed by atoms with Crippen LogP contribution >= 0.6 is 23.2 Å². The molecule has 1 fully saturated rings. The molecule has 1 aliphatic heterocycles. The molecular weight excluding hydrogens is 502 g/mol. The number of piperazine rings is 1. The van der Waals surface area contributed by atoms with E-state index in [1.54, 1.807) is 35.2 Å². The van der Waals surface area contributed by atoms with Crippen LogP contribution in [0.5, 0.6) is 5.75 Å². The van der Waals surface area contributed by atoms with Crippen LogP contribution in [0.25, 0.3) is 11.0 Å². The van der Waals surface area contributed by atoms with Crippen molar-refractivity contribution < 1.29 is 13.9 Å². The predicted octanol–water partition coefficient (Wildman–Crippen LogP) is 5.25. The normalized spacial score (nSPS) is 14.4. The van der Waals surface area contributed by atoms with Crippen LogP contribution in [0.2, 0.25) is 10.0 Å². The van der Waals surface area contributed by atoms with Gasteiger partial charge in [0.25, 0.3) is 5.91 Å². The van der Waals surface area contributed by atoms with Crippen molar-refractivity contribution in [2.24, 2.45) is 0 Å². The van der Waals surface area contributed by atoms with Crippen molar-refractivity contribution in [1.29, 1.82) is 0 Å². The molecule has 0 atom stereocenters. The Balaban J connectivity index is 1.22. The molecule has 3 aromatic carbocycles. The molecule has 5 rings (SSSR count). The highest BCUT2D eigenvalue weighted by Crippen LogP contribution is 2.27. The van der Waals surface area contributed by atoms with Crippen LogP contribution in [0.15, 0.2) is 66.7 Å². The maximum atomic E-state index is 13.4. The molecule has 0 radical (unpaired) electrons. The Hall–Kier alpha value is -3.13. The lowest BCUT2D eigenvalue weighted by Gasteiger charge is -2.34. The summed E-state index contributed by atoms with van der Waals surface area (Å²) in [6.45, 7) is 3.83. The number of para-hydroxylation sites is 2.